The van der Waals surface area contributed by atoms with E-state index in [1.165, 1.54) is 27.8 Å². The number of hydrogen-bond donors (Lipinski definition) is 1. The van der Waals surface area contributed by atoms with Crippen LogP contribution in [0.2, 0.25) is 19.6 Å². The second-order valence-corrected chi connectivity index (χ2v) is 17.8. The number of benzene rings is 2. The zero-order chi connectivity index (χ0) is 29.8. The number of nitrogens with zero attached hydrogens (tertiary/aromatic N) is 2. The largest absolute Gasteiger partial charge is 0.512 e. The third-order valence-electron chi connectivity index (χ3n) is 6.76. The fourth-order valence-corrected chi connectivity index (χ4v) is 5.25. The first-order valence-electron chi connectivity index (χ1n) is 13.9. The van der Waals surface area contributed by atoms with Gasteiger partial charge in [-0.3, -0.25) is 9.78 Å². The van der Waals surface area contributed by atoms with Gasteiger partial charge in [0.25, 0.3) is 0 Å². The summed E-state index contributed by atoms with van der Waals surface area (Å²) >= 11 is 0. The maximum absolute atomic E-state index is 11.3. The van der Waals surface area contributed by atoms with Crippen LogP contribution in [0.15, 0.2) is 72.5 Å². The summed E-state index contributed by atoms with van der Waals surface area (Å²) < 4.78 is 0. The third-order valence-corrected chi connectivity index (χ3v) is 8.80. The first-order valence-corrected chi connectivity index (χ1v) is 17.4. The van der Waals surface area contributed by atoms with Crippen molar-refractivity contribution in [2.24, 2.45) is 11.3 Å². The summed E-state index contributed by atoms with van der Waals surface area (Å²) in [7, 11) is -1.41. The van der Waals surface area contributed by atoms with Crippen LogP contribution in [0.25, 0.3) is 33.3 Å². The average molecular weight is 744 g/mol. The number of carbonyl (C=O) groups excluding carboxylic acids is 1. The molecule has 0 aliphatic rings. The van der Waals surface area contributed by atoms with E-state index in [4.69, 9.17) is 4.98 Å². The van der Waals surface area contributed by atoms with Crippen LogP contribution in [-0.4, -0.2) is 28.9 Å². The summed E-state index contributed by atoms with van der Waals surface area (Å²) in [5, 5.41) is 12.0. The smallest absolute Gasteiger partial charge is 0.164 e. The van der Waals surface area contributed by atoms with Gasteiger partial charge in [0.1, 0.15) is 0 Å². The van der Waals surface area contributed by atoms with Crippen molar-refractivity contribution in [1.29, 1.82) is 0 Å². The van der Waals surface area contributed by atoms with Crippen LogP contribution in [0.1, 0.15) is 46.0 Å². The van der Waals surface area contributed by atoms with Gasteiger partial charge in [0.05, 0.1) is 19.3 Å². The molecule has 2 aromatic heterocycles. The average Bonchev–Trinajstić information content (AvgIpc) is 2.87. The van der Waals surface area contributed by atoms with Gasteiger partial charge in [-0.05, 0) is 34.3 Å². The maximum atomic E-state index is 11.3. The summed E-state index contributed by atoms with van der Waals surface area (Å²) in [6.45, 7) is 20.4. The molecule has 41 heavy (non-hydrogen) atoms. The number of fused-ring (bicyclic) bond motifs is 1. The summed E-state index contributed by atoms with van der Waals surface area (Å²) in [6.07, 6.45) is 1.32. The van der Waals surface area contributed by atoms with Crippen molar-refractivity contribution in [2.45, 2.75) is 68.1 Å². The van der Waals surface area contributed by atoms with Crippen LogP contribution in [0, 0.1) is 31.2 Å². The Bertz CT molecular complexity index is 1530. The third kappa shape index (κ3) is 9.03. The Kier molecular flexibility index (Phi) is 11.6. The molecule has 0 saturated heterocycles. The van der Waals surface area contributed by atoms with Crippen LogP contribution in [0.3, 0.4) is 0 Å². The molecule has 0 fully saturated rings. The van der Waals surface area contributed by atoms with Gasteiger partial charge in [0, 0.05) is 42.9 Å². The van der Waals surface area contributed by atoms with E-state index in [1.54, 1.807) is 0 Å². The Morgan fingerprint density at radius 1 is 0.976 bits per heavy atom. The molecule has 4 rings (SSSR count). The Morgan fingerprint density at radius 2 is 1.61 bits per heavy atom. The number of pyridine rings is 2. The van der Waals surface area contributed by atoms with E-state index < -0.39 is 13.5 Å². The van der Waals surface area contributed by atoms with Crippen LogP contribution >= 0.6 is 0 Å². The second-order valence-electron chi connectivity index (χ2n) is 12.7. The zero-order valence-electron chi connectivity index (χ0n) is 26.0. The van der Waals surface area contributed by atoms with Crippen LogP contribution in [-0.2, 0) is 24.9 Å². The second kappa shape index (κ2) is 13.8. The van der Waals surface area contributed by atoms with Crippen LogP contribution in [0.4, 0.5) is 0 Å². The fourth-order valence-electron chi connectivity index (χ4n) is 4.09. The number of allylic oxidation sites excluding steroid dienone is 2. The molecule has 0 unspecified atom stereocenters. The first kappa shape index (κ1) is 34.3. The standard InChI is InChI=1S/C25H25N2Si.C10H18O2.Ir/c1-17-11-13-21(18(2)26-17)25-16-22(19-9-7-6-8-10-19)23-15-20(28(3,4)5)12-14-24(23)27-25;1-7(2)8(11)6-9(12)10(3,4)5;/h6-12,14-16H,1-5H3;6-7,11H,1-5H3;/q-1;;/b;8-6-;. The molecule has 219 valence electrons. The van der Waals surface area contributed by atoms with E-state index in [1.807, 2.05) is 54.5 Å². The van der Waals surface area contributed by atoms with Gasteiger partial charge in [0.2, 0.25) is 0 Å². The van der Waals surface area contributed by atoms with Crippen molar-refractivity contribution >= 4 is 29.9 Å². The molecule has 2 aromatic carbocycles. The maximum Gasteiger partial charge on any atom is 0.164 e. The number of aliphatic hydroxyl groups is 1. The number of aromatic nitrogens is 2. The van der Waals surface area contributed by atoms with Crippen molar-refractivity contribution in [3.05, 3.63) is 90.0 Å². The zero-order valence-corrected chi connectivity index (χ0v) is 29.4. The number of rotatable bonds is 5. The van der Waals surface area contributed by atoms with Crippen molar-refractivity contribution in [3.63, 3.8) is 0 Å². The summed E-state index contributed by atoms with van der Waals surface area (Å²) in [5.41, 5.74) is 6.89. The molecule has 0 aliphatic carbocycles. The molecule has 4 aromatic rings. The minimum atomic E-state index is -1.41. The van der Waals surface area contributed by atoms with Crippen LogP contribution in [0.5, 0.6) is 0 Å². The van der Waals surface area contributed by atoms with E-state index in [0.29, 0.717) is 0 Å². The van der Waals surface area contributed by atoms with E-state index >= 15 is 0 Å². The van der Waals surface area contributed by atoms with E-state index in [2.05, 4.69) is 85.3 Å². The number of aliphatic hydroxyl groups excluding tert-OH is 1. The number of aryl methyl sites for hydroxylation is 2. The van der Waals surface area contributed by atoms with Crippen molar-refractivity contribution in [3.8, 4) is 22.4 Å². The summed E-state index contributed by atoms with van der Waals surface area (Å²) in [5.74, 6) is 0.153. The van der Waals surface area contributed by atoms with E-state index in [9.17, 15) is 9.90 Å². The van der Waals surface area contributed by atoms with Gasteiger partial charge in [-0.1, -0.05) is 122 Å². The fraction of sp³-hybridized carbons (Fsp3) is 0.343. The monoisotopic (exact) mass is 744 g/mol. The summed E-state index contributed by atoms with van der Waals surface area (Å²) in [6, 6.07) is 24.9. The Hall–Kier alpha value is -2.92. The minimum absolute atomic E-state index is 0. The minimum Gasteiger partial charge on any atom is -0.512 e. The van der Waals surface area contributed by atoms with Gasteiger partial charge in [0.15, 0.2) is 5.78 Å². The molecule has 0 spiro atoms. The first-order chi connectivity index (χ1) is 18.6. The molecule has 0 bridgehead atoms. The molecule has 1 N–H and O–H groups in total. The number of ketones is 1. The molecule has 1 radical (unpaired) electrons. The normalized spacial score (nSPS) is 12.0. The Morgan fingerprint density at radius 3 is 2.15 bits per heavy atom. The van der Waals surface area contributed by atoms with E-state index in [-0.39, 0.29) is 37.6 Å². The predicted molar refractivity (Wildman–Crippen MR) is 172 cm³/mol. The van der Waals surface area contributed by atoms with Gasteiger partial charge in [-0.2, -0.15) is 0 Å². The molecule has 2 heterocycles. The predicted octanol–water partition coefficient (Wildman–Crippen LogP) is 8.62. The van der Waals surface area contributed by atoms with Gasteiger partial charge in [-0.25, -0.2) is 0 Å². The van der Waals surface area contributed by atoms with E-state index in [0.717, 1.165) is 28.2 Å². The van der Waals surface area contributed by atoms with Crippen molar-refractivity contribution in [1.82, 2.24) is 9.97 Å². The molecule has 0 saturated carbocycles. The van der Waals surface area contributed by atoms with Crippen molar-refractivity contribution in [2.75, 3.05) is 0 Å². The molecule has 0 atom stereocenters. The number of carbonyl (C=O) groups is 1. The summed E-state index contributed by atoms with van der Waals surface area (Å²) in [4.78, 5) is 20.9. The molecular weight excluding hydrogens is 701 g/mol. The molecular formula is C35H43IrN2O2Si-. The van der Waals surface area contributed by atoms with Crippen LogP contribution < -0.4 is 5.19 Å². The van der Waals surface area contributed by atoms with Gasteiger partial charge in [-0.15, -0.1) is 17.7 Å². The van der Waals surface area contributed by atoms with Gasteiger partial charge < -0.3 is 10.1 Å². The molecule has 0 aliphatic heterocycles. The molecule has 0 amide bonds. The Balaban J connectivity index is 0.000000387. The Labute approximate surface area is 260 Å². The SMILES string of the molecule is CC(C)/C(O)=C/C(=O)C(C)(C)C.Cc1c[c-]c(-c2cc(-c3ccccc3)c3cc([Si](C)(C)C)ccc3n2)c(C)n1.[Ir]. The quantitative estimate of drug-likeness (QED) is 0.0963. The topological polar surface area (TPSA) is 63.1 Å². The molecule has 4 nitrogen and oxygen atoms in total. The number of hydrogen-bond acceptors (Lipinski definition) is 4. The van der Waals surface area contributed by atoms with Crippen molar-refractivity contribution < 1.29 is 30.0 Å². The van der Waals surface area contributed by atoms with Gasteiger partial charge >= 0.3 is 0 Å². The molecule has 6 heteroatoms.